The standard InChI is InChI=1S/C16H14N4O3S/c1-2-5-12(21)17-16-19-18-13(24-16)8-9-20-14(22)10-6-3-4-7-11(10)15(20)23/h2-7H,8-9H2,1H3,(H,17,19,21)/b5-2+. The summed E-state index contributed by atoms with van der Waals surface area (Å²) in [6.45, 7) is 1.97. The van der Waals surface area contributed by atoms with Gasteiger partial charge in [0.25, 0.3) is 11.8 Å². The zero-order chi connectivity index (χ0) is 17.1. The third kappa shape index (κ3) is 3.09. The molecule has 0 aliphatic carbocycles. The van der Waals surface area contributed by atoms with Crippen LogP contribution in [0.5, 0.6) is 0 Å². The number of carbonyl (C=O) groups excluding carboxylic acids is 3. The fourth-order valence-electron chi connectivity index (χ4n) is 2.35. The van der Waals surface area contributed by atoms with E-state index in [9.17, 15) is 14.4 Å². The zero-order valence-electron chi connectivity index (χ0n) is 12.9. The molecule has 1 aromatic heterocycles. The van der Waals surface area contributed by atoms with Crippen molar-refractivity contribution in [3.63, 3.8) is 0 Å². The molecule has 2 aromatic rings. The lowest BCUT2D eigenvalue weighted by molar-refractivity contribution is -0.111. The molecule has 0 spiro atoms. The van der Waals surface area contributed by atoms with Gasteiger partial charge in [0.15, 0.2) is 0 Å². The predicted molar refractivity (Wildman–Crippen MR) is 88.9 cm³/mol. The molecule has 0 saturated carbocycles. The Morgan fingerprint density at radius 1 is 1.21 bits per heavy atom. The molecule has 0 unspecified atom stereocenters. The quantitative estimate of drug-likeness (QED) is 0.662. The Hall–Kier alpha value is -2.87. The molecule has 24 heavy (non-hydrogen) atoms. The summed E-state index contributed by atoms with van der Waals surface area (Å²) in [6.07, 6.45) is 3.40. The summed E-state index contributed by atoms with van der Waals surface area (Å²) in [5.41, 5.74) is 0.859. The summed E-state index contributed by atoms with van der Waals surface area (Å²) in [5.74, 6) is -0.857. The molecule has 1 N–H and O–H groups in total. The number of anilines is 1. The lowest BCUT2D eigenvalue weighted by Gasteiger charge is -2.11. The fourth-order valence-corrected chi connectivity index (χ4v) is 3.08. The molecular formula is C16H14N4O3S. The molecule has 2 heterocycles. The van der Waals surface area contributed by atoms with Crippen LogP contribution in [0.25, 0.3) is 0 Å². The number of benzene rings is 1. The van der Waals surface area contributed by atoms with E-state index in [0.717, 1.165) is 0 Å². The maximum absolute atomic E-state index is 12.3. The normalized spacial score (nSPS) is 13.6. The van der Waals surface area contributed by atoms with Crippen molar-refractivity contribution in [1.82, 2.24) is 15.1 Å². The van der Waals surface area contributed by atoms with Gasteiger partial charge in [-0.15, -0.1) is 10.2 Å². The number of hydrogen-bond acceptors (Lipinski definition) is 6. The Balaban J connectivity index is 1.63. The molecule has 0 bridgehead atoms. The second kappa shape index (κ2) is 6.71. The molecule has 1 aromatic carbocycles. The number of hydrogen-bond donors (Lipinski definition) is 1. The molecule has 7 nitrogen and oxygen atoms in total. The van der Waals surface area contributed by atoms with Crippen molar-refractivity contribution >= 4 is 34.2 Å². The van der Waals surface area contributed by atoms with E-state index in [1.165, 1.54) is 22.3 Å². The molecule has 0 radical (unpaired) electrons. The smallest absolute Gasteiger partial charge is 0.261 e. The summed E-state index contributed by atoms with van der Waals surface area (Å²) in [5, 5.41) is 11.5. The van der Waals surface area contributed by atoms with E-state index < -0.39 is 0 Å². The molecule has 3 amide bonds. The van der Waals surface area contributed by atoms with Crippen LogP contribution in [-0.4, -0.2) is 39.4 Å². The number of allylic oxidation sites excluding steroid dienone is 1. The first-order valence-corrected chi connectivity index (χ1v) is 8.13. The van der Waals surface area contributed by atoms with Crippen molar-refractivity contribution in [2.24, 2.45) is 0 Å². The molecular weight excluding hydrogens is 328 g/mol. The van der Waals surface area contributed by atoms with Crippen molar-refractivity contribution in [3.8, 4) is 0 Å². The molecule has 1 aliphatic rings. The SMILES string of the molecule is C/C=C/C(=O)Nc1nnc(CCN2C(=O)c3ccccc3C2=O)s1. The van der Waals surface area contributed by atoms with Crippen molar-refractivity contribution in [2.45, 2.75) is 13.3 Å². The topological polar surface area (TPSA) is 92.3 Å². The van der Waals surface area contributed by atoms with Crippen LogP contribution in [0.2, 0.25) is 0 Å². The Morgan fingerprint density at radius 2 is 1.88 bits per heavy atom. The van der Waals surface area contributed by atoms with Crippen LogP contribution in [0, 0.1) is 0 Å². The third-order valence-corrected chi connectivity index (χ3v) is 4.34. The Morgan fingerprint density at radius 3 is 2.50 bits per heavy atom. The molecule has 0 saturated heterocycles. The minimum Gasteiger partial charge on any atom is -0.297 e. The van der Waals surface area contributed by atoms with Crippen LogP contribution >= 0.6 is 11.3 Å². The van der Waals surface area contributed by atoms with E-state index in [-0.39, 0.29) is 24.3 Å². The van der Waals surface area contributed by atoms with E-state index in [2.05, 4.69) is 15.5 Å². The largest absolute Gasteiger partial charge is 0.297 e. The summed E-state index contributed by atoms with van der Waals surface area (Å²) < 4.78 is 0. The van der Waals surface area contributed by atoms with Crippen LogP contribution in [0.1, 0.15) is 32.6 Å². The number of carbonyl (C=O) groups is 3. The van der Waals surface area contributed by atoms with E-state index >= 15 is 0 Å². The van der Waals surface area contributed by atoms with Gasteiger partial charge in [-0.3, -0.25) is 24.6 Å². The average molecular weight is 342 g/mol. The number of aromatic nitrogens is 2. The van der Waals surface area contributed by atoms with Crippen molar-refractivity contribution in [1.29, 1.82) is 0 Å². The summed E-state index contributed by atoms with van der Waals surface area (Å²) in [6, 6.07) is 6.76. The monoisotopic (exact) mass is 342 g/mol. The van der Waals surface area contributed by atoms with Gasteiger partial charge in [0, 0.05) is 13.0 Å². The highest BCUT2D eigenvalue weighted by molar-refractivity contribution is 7.15. The van der Waals surface area contributed by atoms with Gasteiger partial charge in [-0.25, -0.2) is 0 Å². The van der Waals surface area contributed by atoms with E-state index in [1.54, 1.807) is 37.3 Å². The van der Waals surface area contributed by atoms with Crippen LogP contribution in [-0.2, 0) is 11.2 Å². The van der Waals surface area contributed by atoms with Gasteiger partial charge in [0.05, 0.1) is 11.1 Å². The Bertz CT molecular complexity index is 808. The van der Waals surface area contributed by atoms with Crippen molar-refractivity contribution < 1.29 is 14.4 Å². The van der Waals surface area contributed by atoms with Crippen LogP contribution in [0.4, 0.5) is 5.13 Å². The third-order valence-electron chi connectivity index (χ3n) is 3.44. The number of imide groups is 1. The van der Waals surface area contributed by atoms with Crippen molar-refractivity contribution in [2.75, 3.05) is 11.9 Å². The molecule has 3 rings (SSSR count). The number of nitrogens with one attached hydrogen (secondary N) is 1. The second-order valence-corrected chi connectivity index (χ2v) is 6.11. The first-order chi connectivity index (χ1) is 11.6. The Labute approximate surface area is 142 Å². The van der Waals surface area contributed by atoms with Crippen LogP contribution < -0.4 is 5.32 Å². The number of fused-ring (bicyclic) bond motifs is 1. The maximum atomic E-state index is 12.3. The number of nitrogens with zero attached hydrogens (tertiary/aromatic N) is 3. The van der Waals surface area contributed by atoms with Gasteiger partial charge in [-0.1, -0.05) is 29.5 Å². The second-order valence-electron chi connectivity index (χ2n) is 5.05. The minimum absolute atomic E-state index is 0.226. The lowest BCUT2D eigenvalue weighted by Crippen LogP contribution is -2.31. The maximum Gasteiger partial charge on any atom is 0.261 e. The summed E-state index contributed by atoms with van der Waals surface area (Å²) in [4.78, 5) is 37.2. The van der Waals surface area contributed by atoms with Crippen molar-refractivity contribution in [3.05, 3.63) is 52.6 Å². The van der Waals surface area contributed by atoms with Gasteiger partial charge in [-0.05, 0) is 25.1 Å². The fraction of sp³-hybridized carbons (Fsp3) is 0.188. The zero-order valence-corrected chi connectivity index (χ0v) is 13.7. The van der Waals surface area contributed by atoms with Gasteiger partial charge in [0.2, 0.25) is 11.0 Å². The first-order valence-electron chi connectivity index (χ1n) is 7.31. The summed E-state index contributed by atoms with van der Waals surface area (Å²) >= 11 is 1.22. The highest BCUT2D eigenvalue weighted by Crippen LogP contribution is 2.23. The van der Waals surface area contributed by atoms with Gasteiger partial charge < -0.3 is 0 Å². The molecule has 0 fully saturated rings. The number of amides is 3. The lowest BCUT2D eigenvalue weighted by atomic mass is 10.1. The highest BCUT2D eigenvalue weighted by Gasteiger charge is 2.34. The van der Waals surface area contributed by atoms with Gasteiger partial charge in [0.1, 0.15) is 5.01 Å². The molecule has 1 aliphatic heterocycles. The molecule has 8 heteroatoms. The summed E-state index contributed by atoms with van der Waals surface area (Å²) in [7, 11) is 0. The van der Waals surface area contributed by atoms with Crippen LogP contribution in [0.3, 0.4) is 0 Å². The number of rotatable bonds is 5. The Kier molecular flexibility index (Phi) is 4.48. The first kappa shape index (κ1) is 16.0. The van der Waals surface area contributed by atoms with E-state index in [4.69, 9.17) is 0 Å². The predicted octanol–water partition coefficient (Wildman–Crippen LogP) is 1.89. The highest BCUT2D eigenvalue weighted by atomic mass is 32.1. The van der Waals surface area contributed by atoms with Crippen LogP contribution in [0.15, 0.2) is 36.4 Å². The van der Waals surface area contributed by atoms with Gasteiger partial charge >= 0.3 is 0 Å². The van der Waals surface area contributed by atoms with E-state index in [0.29, 0.717) is 27.7 Å². The molecule has 0 atom stereocenters. The molecule has 122 valence electrons. The average Bonchev–Trinajstić information content (AvgIpc) is 3.10. The minimum atomic E-state index is -0.290. The van der Waals surface area contributed by atoms with Gasteiger partial charge in [-0.2, -0.15) is 0 Å². The van der Waals surface area contributed by atoms with E-state index in [1.807, 2.05) is 0 Å².